The van der Waals surface area contributed by atoms with Crippen LogP contribution in [0.4, 0.5) is 0 Å². The quantitative estimate of drug-likeness (QED) is 0.573. The summed E-state index contributed by atoms with van der Waals surface area (Å²) in [5, 5.41) is 1.81. The fourth-order valence-corrected chi connectivity index (χ4v) is 4.88. The standard InChI is InChI=1S/C26H31NO7/c1-26(2)32-23-22(30-16-18-12-8-5-9-13-18)21(31-25(23)33-26)19-14-20(24(28)29-3)34-27(19)15-17-10-6-4-7-11-17/h4-13,19-23,25H,14-16H2,1-3H3/t19-,20-,21-,22+,23-,25-/m1/s1. The van der Waals surface area contributed by atoms with Crippen LogP contribution in [-0.2, 0) is 46.5 Å². The molecule has 0 radical (unpaired) electrons. The Morgan fingerprint density at radius 3 is 2.35 bits per heavy atom. The van der Waals surface area contributed by atoms with Crippen LogP contribution in [0.2, 0.25) is 0 Å². The fraction of sp³-hybridized carbons (Fsp3) is 0.500. The van der Waals surface area contributed by atoms with Crippen molar-refractivity contribution >= 4 is 5.97 Å². The van der Waals surface area contributed by atoms with Crippen LogP contribution in [0.3, 0.4) is 0 Å². The predicted molar refractivity (Wildman–Crippen MR) is 121 cm³/mol. The van der Waals surface area contributed by atoms with Crippen LogP contribution in [0.5, 0.6) is 0 Å². The summed E-state index contributed by atoms with van der Waals surface area (Å²) in [6.45, 7) is 4.63. The normalized spacial score (nSPS) is 32.6. The molecule has 8 heteroatoms. The summed E-state index contributed by atoms with van der Waals surface area (Å²) >= 11 is 0. The number of carbonyl (C=O) groups is 1. The number of rotatable bonds is 7. The molecule has 0 unspecified atom stereocenters. The monoisotopic (exact) mass is 469 g/mol. The second-order valence-electron chi connectivity index (χ2n) is 9.31. The molecule has 3 saturated heterocycles. The summed E-state index contributed by atoms with van der Waals surface area (Å²) in [5.41, 5.74) is 2.12. The Labute approximate surface area is 199 Å². The Morgan fingerprint density at radius 2 is 1.68 bits per heavy atom. The molecule has 6 atom stereocenters. The van der Waals surface area contributed by atoms with E-state index in [9.17, 15) is 4.79 Å². The summed E-state index contributed by atoms with van der Waals surface area (Å²) in [6.07, 6.45) is -2.08. The van der Waals surface area contributed by atoms with Gasteiger partial charge in [0.1, 0.15) is 18.3 Å². The first-order valence-electron chi connectivity index (χ1n) is 11.7. The summed E-state index contributed by atoms with van der Waals surface area (Å²) in [5.74, 6) is -1.17. The molecule has 3 fully saturated rings. The van der Waals surface area contributed by atoms with E-state index >= 15 is 0 Å². The molecule has 0 amide bonds. The molecule has 0 aromatic heterocycles. The maximum Gasteiger partial charge on any atom is 0.337 e. The highest BCUT2D eigenvalue weighted by molar-refractivity contribution is 5.74. The lowest BCUT2D eigenvalue weighted by molar-refractivity contribution is -0.242. The van der Waals surface area contributed by atoms with Crippen molar-refractivity contribution < 1.29 is 33.3 Å². The lowest BCUT2D eigenvalue weighted by Crippen LogP contribution is -2.47. The molecule has 2 aromatic carbocycles. The third-order valence-corrected chi connectivity index (χ3v) is 6.42. The van der Waals surface area contributed by atoms with E-state index in [1.807, 2.05) is 79.6 Å². The van der Waals surface area contributed by atoms with Crippen molar-refractivity contribution in [3.05, 3.63) is 71.8 Å². The molecule has 8 nitrogen and oxygen atoms in total. The number of carbonyl (C=O) groups excluding carboxylic acids is 1. The molecule has 0 saturated carbocycles. The van der Waals surface area contributed by atoms with E-state index in [-0.39, 0.29) is 12.1 Å². The molecule has 0 aliphatic carbocycles. The third-order valence-electron chi connectivity index (χ3n) is 6.42. The molecule has 2 aromatic rings. The van der Waals surface area contributed by atoms with E-state index < -0.39 is 36.4 Å². The highest BCUT2D eigenvalue weighted by atomic mass is 16.8. The Morgan fingerprint density at radius 1 is 1.00 bits per heavy atom. The lowest BCUT2D eigenvalue weighted by atomic mass is 9.98. The third kappa shape index (κ3) is 4.88. The number of nitrogens with zero attached hydrogens (tertiary/aromatic N) is 1. The molecule has 0 bridgehead atoms. The highest BCUT2D eigenvalue weighted by Gasteiger charge is 2.59. The predicted octanol–water partition coefficient (Wildman–Crippen LogP) is 3.20. The van der Waals surface area contributed by atoms with Gasteiger partial charge in [-0.15, -0.1) is 0 Å². The number of hydrogen-bond acceptors (Lipinski definition) is 8. The van der Waals surface area contributed by atoms with Gasteiger partial charge in [-0.1, -0.05) is 60.7 Å². The van der Waals surface area contributed by atoms with Gasteiger partial charge >= 0.3 is 5.97 Å². The number of hydrogen-bond donors (Lipinski definition) is 0. The molecule has 3 aliphatic rings. The molecular formula is C26H31NO7. The molecule has 3 heterocycles. The Bertz CT molecular complexity index is 970. The number of ether oxygens (including phenoxy) is 5. The molecule has 3 aliphatic heterocycles. The maximum atomic E-state index is 12.4. The second-order valence-corrected chi connectivity index (χ2v) is 9.31. The molecule has 182 valence electrons. The molecular weight excluding hydrogens is 438 g/mol. The van der Waals surface area contributed by atoms with Crippen LogP contribution >= 0.6 is 0 Å². The van der Waals surface area contributed by atoms with Crippen LogP contribution in [0, 0.1) is 0 Å². The van der Waals surface area contributed by atoms with Gasteiger partial charge < -0.3 is 23.7 Å². The minimum atomic E-state index is -0.765. The van der Waals surface area contributed by atoms with E-state index in [1.54, 1.807) is 0 Å². The van der Waals surface area contributed by atoms with Gasteiger partial charge in [-0.05, 0) is 25.0 Å². The van der Waals surface area contributed by atoms with Gasteiger partial charge in [0, 0.05) is 13.0 Å². The van der Waals surface area contributed by atoms with Crippen LogP contribution < -0.4 is 0 Å². The average Bonchev–Trinajstić information content (AvgIpc) is 3.48. The SMILES string of the molecule is COC(=O)[C@H]1C[C@H]([C@H]2O[C@@H]3OC(C)(C)O[C@@H]3[C@H]2OCc2ccccc2)N(Cc2ccccc2)O1. The van der Waals surface area contributed by atoms with Gasteiger partial charge in [-0.25, -0.2) is 4.79 Å². The van der Waals surface area contributed by atoms with Crippen molar-refractivity contribution in [1.29, 1.82) is 0 Å². The second kappa shape index (κ2) is 9.73. The summed E-state index contributed by atoms with van der Waals surface area (Å²) in [4.78, 5) is 18.4. The van der Waals surface area contributed by atoms with Crippen molar-refractivity contribution in [2.24, 2.45) is 0 Å². The van der Waals surface area contributed by atoms with Crippen molar-refractivity contribution in [3.63, 3.8) is 0 Å². The lowest BCUT2D eigenvalue weighted by Gasteiger charge is -2.32. The fourth-order valence-electron chi connectivity index (χ4n) is 4.88. The van der Waals surface area contributed by atoms with Gasteiger partial charge in [-0.2, -0.15) is 5.06 Å². The summed E-state index contributed by atoms with van der Waals surface area (Å²) < 4.78 is 30.0. The average molecular weight is 470 g/mol. The minimum absolute atomic E-state index is 0.258. The zero-order valence-corrected chi connectivity index (χ0v) is 19.7. The molecule has 0 N–H and O–H groups in total. The van der Waals surface area contributed by atoms with E-state index in [0.29, 0.717) is 19.6 Å². The number of benzene rings is 2. The number of hydroxylamine groups is 2. The largest absolute Gasteiger partial charge is 0.467 e. The van der Waals surface area contributed by atoms with Crippen molar-refractivity contribution in [2.45, 2.75) is 76.0 Å². The number of esters is 1. The smallest absolute Gasteiger partial charge is 0.337 e. The first-order chi connectivity index (χ1) is 16.4. The van der Waals surface area contributed by atoms with Gasteiger partial charge in [-0.3, -0.25) is 4.84 Å². The Balaban J connectivity index is 1.39. The Kier molecular flexibility index (Phi) is 6.70. The van der Waals surface area contributed by atoms with Crippen molar-refractivity contribution in [2.75, 3.05) is 7.11 Å². The topological polar surface area (TPSA) is 75.7 Å². The van der Waals surface area contributed by atoms with E-state index in [0.717, 1.165) is 11.1 Å². The number of fused-ring (bicyclic) bond motifs is 1. The van der Waals surface area contributed by atoms with Gasteiger partial charge in [0.2, 0.25) is 0 Å². The van der Waals surface area contributed by atoms with E-state index in [4.69, 9.17) is 28.5 Å². The van der Waals surface area contributed by atoms with Crippen molar-refractivity contribution in [3.8, 4) is 0 Å². The van der Waals surface area contributed by atoms with Gasteiger partial charge in [0.05, 0.1) is 19.8 Å². The maximum absolute atomic E-state index is 12.4. The van der Waals surface area contributed by atoms with Crippen LogP contribution in [0.1, 0.15) is 31.4 Å². The Hall–Kier alpha value is -2.33. The summed E-state index contributed by atoms with van der Waals surface area (Å²) in [7, 11) is 1.37. The number of methoxy groups -OCH3 is 1. The van der Waals surface area contributed by atoms with Crippen LogP contribution in [0.25, 0.3) is 0 Å². The van der Waals surface area contributed by atoms with E-state index in [1.165, 1.54) is 7.11 Å². The van der Waals surface area contributed by atoms with Crippen LogP contribution in [-0.4, -0.2) is 60.7 Å². The zero-order chi connectivity index (χ0) is 23.7. The highest BCUT2D eigenvalue weighted by Crippen LogP contribution is 2.43. The summed E-state index contributed by atoms with van der Waals surface area (Å²) in [6, 6.07) is 19.7. The zero-order valence-electron chi connectivity index (χ0n) is 19.7. The van der Waals surface area contributed by atoms with Gasteiger partial charge in [0.15, 0.2) is 18.2 Å². The van der Waals surface area contributed by atoms with E-state index in [2.05, 4.69) is 0 Å². The molecule has 34 heavy (non-hydrogen) atoms. The molecule has 0 spiro atoms. The molecule has 5 rings (SSSR count). The van der Waals surface area contributed by atoms with Crippen molar-refractivity contribution in [1.82, 2.24) is 5.06 Å². The first-order valence-corrected chi connectivity index (χ1v) is 11.7. The van der Waals surface area contributed by atoms with Crippen LogP contribution in [0.15, 0.2) is 60.7 Å². The first kappa shape index (κ1) is 23.4. The minimum Gasteiger partial charge on any atom is -0.467 e. The van der Waals surface area contributed by atoms with Gasteiger partial charge in [0.25, 0.3) is 0 Å².